The minimum Gasteiger partial charge on any atom is -0.465 e. The van der Waals surface area contributed by atoms with Gasteiger partial charge in [-0.05, 0) is 49.3 Å². The number of amides is 1. The molecule has 1 aromatic heterocycles. The summed E-state index contributed by atoms with van der Waals surface area (Å²) in [5, 5.41) is 0. The first-order valence-corrected chi connectivity index (χ1v) is 13.9. The minimum atomic E-state index is -3.88. The zero-order valence-corrected chi connectivity index (χ0v) is 21.1. The van der Waals surface area contributed by atoms with Crippen LogP contribution >= 0.6 is 23.1 Å². The SMILES string of the molecule is CCC(C)NS(=O)(=O)c1sc2c(c1C(=O)OC)CCN(C(=O)Cc1ccc(SC)cc1)C2. The number of thiophene rings is 1. The number of thioether (sulfide) groups is 1. The van der Waals surface area contributed by atoms with Crippen molar-refractivity contribution in [2.75, 3.05) is 19.9 Å². The van der Waals surface area contributed by atoms with Crippen LogP contribution in [0, 0.1) is 0 Å². The highest BCUT2D eigenvalue weighted by molar-refractivity contribution is 7.98. The molecule has 0 aliphatic carbocycles. The third-order valence-corrected chi connectivity index (χ3v) is 9.56. The van der Waals surface area contributed by atoms with E-state index in [1.54, 1.807) is 23.6 Å². The van der Waals surface area contributed by atoms with Crippen molar-refractivity contribution in [3.05, 3.63) is 45.8 Å². The van der Waals surface area contributed by atoms with E-state index in [0.717, 1.165) is 21.8 Å². The molecule has 10 heteroatoms. The number of sulfonamides is 1. The maximum atomic E-state index is 13.0. The van der Waals surface area contributed by atoms with Gasteiger partial charge in [0, 0.05) is 22.4 Å². The highest BCUT2D eigenvalue weighted by Crippen LogP contribution is 2.37. The Balaban J connectivity index is 1.86. The van der Waals surface area contributed by atoms with Gasteiger partial charge >= 0.3 is 5.97 Å². The number of nitrogens with zero attached hydrogens (tertiary/aromatic N) is 1. The van der Waals surface area contributed by atoms with Crippen molar-refractivity contribution in [1.29, 1.82) is 0 Å². The second-order valence-corrected chi connectivity index (χ2v) is 11.6. The number of hydrogen-bond donors (Lipinski definition) is 1. The van der Waals surface area contributed by atoms with Crippen LogP contribution in [0.1, 0.15) is 46.6 Å². The maximum absolute atomic E-state index is 13.0. The monoisotopic (exact) mass is 496 g/mol. The summed E-state index contributed by atoms with van der Waals surface area (Å²) in [6.07, 6.45) is 3.31. The zero-order valence-electron chi connectivity index (χ0n) is 18.6. The van der Waals surface area contributed by atoms with E-state index in [9.17, 15) is 18.0 Å². The molecule has 2 heterocycles. The third-order valence-electron chi connectivity index (χ3n) is 5.49. The molecular formula is C22H28N2O5S3. The van der Waals surface area contributed by atoms with E-state index in [1.807, 2.05) is 37.4 Å². The molecule has 174 valence electrons. The molecule has 32 heavy (non-hydrogen) atoms. The molecule has 0 bridgehead atoms. The van der Waals surface area contributed by atoms with Gasteiger partial charge in [0.2, 0.25) is 5.91 Å². The lowest BCUT2D eigenvalue weighted by Crippen LogP contribution is -2.36. The van der Waals surface area contributed by atoms with Crippen LogP contribution in [0.3, 0.4) is 0 Å². The van der Waals surface area contributed by atoms with Crippen LogP contribution in [0.15, 0.2) is 33.4 Å². The Morgan fingerprint density at radius 3 is 2.56 bits per heavy atom. The summed E-state index contributed by atoms with van der Waals surface area (Å²) in [4.78, 5) is 29.0. The molecule has 2 aromatic rings. The Morgan fingerprint density at radius 2 is 1.97 bits per heavy atom. The Labute approximate surface area is 197 Å². The molecule has 0 saturated heterocycles. The molecule has 1 aliphatic heterocycles. The molecule has 3 rings (SSSR count). The van der Waals surface area contributed by atoms with E-state index >= 15 is 0 Å². The van der Waals surface area contributed by atoms with Crippen molar-refractivity contribution in [3.63, 3.8) is 0 Å². The zero-order chi connectivity index (χ0) is 23.5. The number of nitrogens with one attached hydrogen (secondary N) is 1. The predicted octanol–water partition coefficient (Wildman–Crippen LogP) is 3.46. The van der Waals surface area contributed by atoms with Gasteiger partial charge in [-0.15, -0.1) is 23.1 Å². The first-order valence-electron chi connectivity index (χ1n) is 10.4. The van der Waals surface area contributed by atoms with Crippen molar-refractivity contribution in [1.82, 2.24) is 9.62 Å². The first-order chi connectivity index (χ1) is 15.2. The lowest BCUT2D eigenvalue weighted by molar-refractivity contribution is -0.131. The Morgan fingerprint density at radius 1 is 1.28 bits per heavy atom. The van der Waals surface area contributed by atoms with Crippen LogP contribution in [0.4, 0.5) is 0 Å². The first kappa shape index (κ1) is 24.8. The molecule has 0 spiro atoms. The van der Waals surface area contributed by atoms with E-state index < -0.39 is 16.0 Å². The van der Waals surface area contributed by atoms with E-state index in [0.29, 0.717) is 29.8 Å². The molecule has 1 atom stereocenters. The van der Waals surface area contributed by atoms with Crippen LogP contribution in [0.25, 0.3) is 0 Å². The third kappa shape index (κ3) is 5.36. The van der Waals surface area contributed by atoms with Gasteiger partial charge in [-0.3, -0.25) is 4.79 Å². The Bertz CT molecular complexity index is 1090. The van der Waals surface area contributed by atoms with Crippen molar-refractivity contribution in [3.8, 4) is 0 Å². The summed E-state index contributed by atoms with van der Waals surface area (Å²) in [6.45, 7) is 4.36. The Kier molecular flexibility index (Phi) is 8.02. The average Bonchev–Trinajstić information content (AvgIpc) is 3.18. The summed E-state index contributed by atoms with van der Waals surface area (Å²) in [5.41, 5.74) is 1.70. The number of methoxy groups -OCH3 is 1. The molecule has 1 N–H and O–H groups in total. The summed E-state index contributed by atoms with van der Waals surface area (Å²) in [5.74, 6) is -0.691. The van der Waals surface area contributed by atoms with E-state index in [4.69, 9.17) is 4.74 Å². The van der Waals surface area contributed by atoms with Gasteiger partial charge in [-0.2, -0.15) is 0 Å². The van der Waals surface area contributed by atoms with Crippen LogP contribution in [-0.4, -0.2) is 51.1 Å². The Hall–Kier alpha value is -1.88. The maximum Gasteiger partial charge on any atom is 0.340 e. The van der Waals surface area contributed by atoms with Crippen molar-refractivity contribution >= 4 is 45.0 Å². The molecule has 1 unspecified atom stereocenters. The molecule has 7 nitrogen and oxygen atoms in total. The highest BCUT2D eigenvalue weighted by atomic mass is 32.2. The molecule has 1 aromatic carbocycles. The van der Waals surface area contributed by atoms with Gasteiger partial charge in [0.15, 0.2) is 0 Å². The smallest absolute Gasteiger partial charge is 0.340 e. The van der Waals surface area contributed by atoms with Gasteiger partial charge in [-0.1, -0.05) is 19.1 Å². The normalized spacial score (nSPS) is 14.7. The second kappa shape index (κ2) is 10.4. The fourth-order valence-electron chi connectivity index (χ4n) is 3.52. The highest BCUT2D eigenvalue weighted by Gasteiger charge is 2.35. The van der Waals surface area contributed by atoms with Gasteiger partial charge in [0.25, 0.3) is 10.0 Å². The largest absolute Gasteiger partial charge is 0.465 e. The summed E-state index contributed by atoms with van der Waals surface area (Å²) < 4.78 is 33.4. The summed E-state index contributed by atoms with van der Waals surface area (Å²) >= 11 is 2.69. The van der Waals surface area contributed by atoms with Crippen molar-refractivity contribution in [2.45, 2.75) is 54.8 Å². The van der Waals surface area contributed by atoms with E-state index in [2.05, 4.69) is 4.72 Å². The topological polar surface area (TPSA) is 92.8 Å². The number of hydrogen-bond acceptors (Lipinski definition) is 7. The van der Waals surface area contributed by atoms with Crippen LogP contribution in [-0.2, 0) is 38.9 Å². The number of ether oxygens (including phenoxy) is 1. The van der Waals surface area contributed by atoms with Crippen LogP contribution < -0.4 is 4.72 Å². The van der Waals surface area contributed by atoms with Crippen molar-refractivity contribution in [2.24, 2.45) is 0 Å². The fourth-order valence-corrected chi connectivity index (χ4v) is 7.17. The number of fused-ring (bicyclic) bond motifs is 1. The number of carbonyl (C=O) groups is 2. The molecule has 1 amide bonds. The molecule has 0 saturated carbocycles. The van der Waals surface area contributed by atoms with Gasteiger partial charge in [-0.25, -0.2) is 17.9 Å². The predicted molar refractivity (Wildman–Crippen MR) is 127 cm³/mol. The lowest BCUT2D eigenvalue weighted by Gasteiger charge is -2.27. The number of carbonyl (C=O) groups excluding carboxylic acids is 2. The standard InChI is InChI=1S/C22H28N2O5S3/c1-5-14(2)23-32(27,28)22-20(21(26)29-3)17-10-11-24(13-18(17)31-22)19(25)12-15-6-8-16(30-4)9-7-15/h6-9,14,23H,5,10-13H2,1-4H3. The fraction of sp³-hybridized carbons (Fsp3) is 0.455. The lowest BCUT2D eigenvalue weighted by atomic mass is 10.0. The molecular weight excluding hydrogens is 468 g/mol. The number of benzene rings is 1. The van der Waals surface area contributed by atoms with Gasteiger partial charge in [0.05, 0.1) is 25.6 Å². The second-order valence-electron chi connectivity index (χ2n) is 7.68. The quantitative estimate of drug-likeness (QED) is 0.444. The van der Waals surface area contributed by atoms with Crippen LogP contribution in [0.2, 0.25) is 0 Å². The van der Waals surface area contributed by atoms with E-state index in [-0.39, 0.29) is 34.7 Å². The van der Waals surface area contributed by atoms with Crippen LogP contribution in [0.5, 0.6) is 0 Å². The summed E-state index contributed by atoms with van der Waals surface area (Å²) in [6, 6.07) is 7.62. The molecule has 0 fully saturated rings. The van der Waals surface area contributed by atoms with Gasteiger partial charge in [0.1, 0.15) is 4.21 Å². The number of rotatable bonds is 8. The van der Waals surface area contributed by atoms with Crippen molar-refractivity contribution < 1.29 is 22.7 Å². The summed E-state index contributed by atoms with van der Waals surface area (Å²) in [7, 11) is -2.64. The minimum absolute atomic E-state index is 0.0253. The van der Waals surface area contributed by atoms with Gasteiger partial charge < -0.3 is 9.64 Å². The van der Waals surface area contributed by atoms with E-state index in [1.165, 1.54) is 7.11 Å². The average molecular weight is 497 g/mol. The molecule has 1 aliphatic rings. The molecule has 0 radical (unpaired) electrons. The number of esters is 1.